The number of piperidine rings is 1. The van der Waals surface area contributed by atoms with Crippen LogP contribution in [-0.4, -0.2) is 52.0 Å². The summed E-state index contributed by atoms with van der Waals surface area (Å²) in [6.07, 6.45) is 2.54. The number of hydrogen-bond donors (Lipinski definition) is 0. The lowest BCUT2D eigenvalue weighted by Crippen LogP contribution is -2.39. The third-order valence-corrected chi connectivity index (χ3v) is 3.74. The highest BCUT2D eigenvalue weighted by Gasteiger charge is 2.19. The van der Waals surface area contributed by atoms with Crippen molar-refractivity contribution >= 4 is 0 Å². The lowest BCUT2D eigenvalue weighted by atomic mass is 9.99. The van der Waals surface area contributed by atoms with E-state index in [0.29, 0.717) is 5.92 Å². The molecule has 20 heavy (non-hydrogen) atoms. The van der Waals surface area contributed by atoms with E-state index < -0.39 is 0 Å². The van der Waals surface area contributed by atoms with E-state index in [1.807, 2.05) is 24.3 Å². The Hall–Kier alpha value is -1.26. The van der Waals surface area contributed by atoms with Gasteiger partial charge in [-0.05, 0) is 49.6 Å². The minimum Gasteiger partial charge on any atom is -0.497 e. The molecular formula is C16H25NO3. The van der Waals surface area contributed by atoms with Gasteiger partial charge < -0.3 is 14.2 Å². The fraction of sp³-hybridized carbons (Fsp3) is 0.625. The third-order valence-electron chi connectivity index (χ3n) is 3.74. The number of nitrogens with zero attached hydrogens (tertiary/aromatic N) is 1. The first-order valence-corrected chi connectivity index (χ1v) is 7.30. The van der Waals surface area contributed by atoms with Crippen LogP contribution in [0.4, 0.5) is 0 Å². The number of rotatable bonds is 7. The maximum Gasteiger partial charge on any atom is 0.119 e. The fourth-order valence-corrected chi connectivity index (χ4v) is 2.69. The third kappa shape index (κ3) is 4.69. The van der Waals surface area contributed by atoms with E-state index in [9.17, 15) is 0 Å². The van der Waals surface area contributed by atoms with Gasteiger partial charge in [-0.3, -0.25) is 4.90 Å². The highest BCUT2D eigenvalue weighted by Crippen LogP contribution is 2.18. The summed E-state index contributed by atoms with van der Waals surface area (Å²) in [4.78, 5) is 2.47. The molecule has 0 aromatic heterocycles. The molecule has 0 amide bonds. The molecule has 0 radical (unpaired) electrons. The quantitative estimate of drug-likeness (QED) is 0.767. The molecule has 1 fully saturated rings. The molecule has 1 atom stereocenters. The van der Waals surface area contributed by atoms with E-state index in [1.54, 1.807) is 14.2 Å². The van der Waals surface area contributed by atoms with E-state index in [-0.39, 0.29) is 0 Å². The van der Waals surface area contributed by atoms with E-state index >= 15 is 0 Å². The van der Waals surface area contributed by atoms with Gasteiger partial charge in [-0.25, -0.2) is 0 Å². The van der Waals surface area contributed by atoms with Crippen LogP contribution in [0.15, 0.2) is 24.3 Å². The Bertz CT molecular complexity index is 378. The zero-order chi connectivity index (χ0) is 14.2. The molecule has 0 saturated carbocycles. The van der Waals surface area contributed by atoms with Crippen molar-refractivity contribution in [2.24, 2.45) is 5.92 Å². The Balaban J connectivity index is 1.69. The SMILES string of the molecule is COC[C@@H]1CCCN(CCOc2ccc(OC)cc2)C1. The smallest absolute Gasteiger partial charge is 0.119 e. The van der Waals surface area contributed by atoms with E-state index in [0.717, 1.165) is 37.8 Å². The second-order valence-corrected chi connectivity index (χ2v) is 5.29. The number of ether oxygens (including phenoxy) is 3. The van der Waals surface area contributed by atoms with Gasteiger partial charge in [-0.1, -0.05) is 0 Å². The van der Waals surface area contributed by atoms with Crippen LogP contribution in [0.2, 0.25) is 0 Å². The summed E-state index contributed by atoms with van der Waals surface area (Å²) in [5, 5.41) is 0. The Morgan fingerprint density at radius 3 is 2.60 bits per heavy atom. The van der Waals surface area contributed by atoms with Gasteiger partial charge in [0.2, 0.25) is 0 Å². The average molecular weight is 279 g/mol. The van der Waals surface area contributed by atoms with Crippen molar-refractivity contribution in [3.8, 4) is 11.5 Å². The second kappa shape index (κ2) is 8.12. The molecule has 2 rings (SSSR count). The second-order valence-electron chi connectivity index (χ2n) is 5.29. The Labute approximate surface area is 121 Å². The van der Waals surface area contributed by atoms with Gasteiger partial charge in [0, 0.05) is 20.2 Å². The molecule has 1 aromatic rings. The Kier molecular flexibility index (Phi) is 6.15. The molecule has 0 aliphatic carbocycles. The van der Waals surface area contributed by atoms with E-state index in [4.69, 9.17) is 14.2 Å². The molecule has 1 saturated heterocycles. The van der Waals surface area contributed by atoms with E-state index in [1.165, 1.54) is 19.4 Å². The zero-order valence-electron chi connectivity index (χ0n) is 12.5. The minimum atomic E-state index is 0.676. The van der Waals surface area contributed by atoms with Gasteiger partial charge in [0.25, 0.3) is 0 Å². The zero-order valence-corrected chi connectivity index (χ0v) is 12.5. The molecular weight excluding hydrogens is 254 g/mol. The topological polar surface area (TPSA) is 30.9 Å². The molecule has 1 aliphatic heterocycles. The summed E-state index contributed by atoms with van der Waals surface area (Å²) < 4.78 is 16.2. The highest BCUT2D eigenvalue weighted by atomic mass is 16.5. The van der Waals surface area contributed by atoms with Crippen LogP contribution in [0.25, 0.3) is 0 Å². The lowest BCUT2D eigenvalue weighted by molar-refractivity contribution is 0.0832. The maximum absolute atomic E-state index is 5.77. The molecule has 0 bridgehead atoms. The molecule has 0 spiro atoms. The monoisotopic (exact) mass is 279 g/mol. The molecule has 0 unspecified atom stereocenters. The predicted molar refractivity (Wildman–Crippen MR) is 79.5 cm³/mol. The van der Waals surface area contributed by atoms with Crippen LogP contribution in [0, 0.1) is 5.92 Å². The molecule has 1 aromatic carbocycles. The molecule has 112 valence electrons. The van der Waals surface area contributed by atoms with Gasteiger partial charge in [0.05, 0.1) is 13.7 Å². The van der Waals surface area contributed by atoms with Crippen LogP contribution in [-0.2, 0) is 4.74 Å². The van der Waals surface area contributed by atoms with Gasteiger partial charge in [-0.15, -0.1) is 0 Å². The average Bonchev–Trinajstić information content (AvgIpc) is 2.49. The largest absolute Gasteiger partial charge is 0.497 e. The summed E-state index contributed by atoms with van der Waals surface area (Å²) in [7, 11) is 3.45. The summed E-state index contributed by atoms with van der Waals surface area (Å²) in [5.74, 6) is 2.43. The van der Waals surface area contributed by atoms with Gasteiger partial charge >= 0.3 is 0 Å². The van der Waals surface area contributed by atoms with Crippen molar-refractivity contribution < 1.29 is 14.2 Å². The number of benzene rings is 1. The van der Waals surface area contributed by atoms with Crippen molar-refractivity contribution in [1.82, 2.24) is 4.90 Å². The van der Waals surface area contributed by atoms with Crippen LogP contribution < -0.4 is 9.47 Å². The predicted octanol–water partition coefficient (Wildman–Crippen LogP) is 2.43. The molecule has 0 N–H and O–H groups in total. The first-order valence-electron chi connectivity index (χ1n) is 7.30. The maximum atomic E-state index is 5.77. The highest BCUT2D eigenvalue weighted by molar-refractivity contribution is 5.31. The van der Waals surface area contributed by atoms with Crippen molar-refractivity contribution in [1.29, 1.82) is 0 Å². The Morgan fingerprint density at radius 2 is 1.90 bits per heavy atom. The Morgan fingerprint density at radius 1 is 1.15 bits per heavy atom. The van der Waals surface area contributed by atoms with Crippen LogP contribution in [0.5, 0.6) is 11.5 Å². The van der Waals surface area contributed by atoms with Gasteiger partial charge in [0.1, 0.15) is 18.1 Å². The number of likely N-dealkylation sites (tertiary alicyclic amines) is 1. The van der Waals surface area contributed by atoms with Gasteiger partial charge in [0.15, 0.2) is 0 Å². The molecule has 4 nitrogen and oxygen atoms in total. The molecule has 1 heterocycles. The minimum absolute atomic E-state index is 0.676. The standard InChI is InChI=1S/C16H25NO3/c1-18-13-14-4-3-9-17(12-14)10-11-20-16-7-5-15(19-2)6-8-16/h5-8,14H,3-4,9-13H2,1-2H3/t14-/m1/s1. The van der Waals surface area contributed by atoms with Crippen LogP contribution in [0.1, 0.15) is 12.8 Å². The summed E-state index contributed by atoms with van der Waals surface area (Å²) in [6, 6.07) is 7.74. The first kappa shape index (κ1) is 15.1. The summed E-state index contributed by atoms with van der Waals surface area (Å²) >= 11 is 0. The lowest BCUT2D eigenvalue weighted by Gasteiger charge is -2.32. The van der Waals surface area contributed by atoms with E-state index in [2.05, 4.69) is 4.90 Å². The van der Waals surface area contributed by atoms with Crippen molar-refractivity contribution in [2.75, 3.05) is 47.1 Å². The van der Waals surface area contributed by atoms with Crippen molar-refractivity contribution in [3.63, 3.8) is 0 Å². The number of hydrogen-bond acceptors (Lipinski definition) is 4. The van der Waals surface area contributed by atoms with Crippen LogP contribution in [0.3, 0.4) is 0 Å². The van der Waals surface area contributed by atoms with Crippen molar-refractivity contribution in [3.05, 3.63) is 24.3 Å². The first-order chi connectivity index (χ1) is 9.81. The van der Waals surface area contributed by atoms with Crippen LogP contribution >= 0.6 is 0 Å². The summed E-state index contributed by atoms with van der Waals surface area (Å²) in [6.45, 7) is 4.88. The summed E-state index contributed by atoms with van der Waals surface area (Å²) in [5.41, 5.74) is 0. The number of methoxy groups -OCH3 is 2. The molecule has 4 heteroatoms. The normalized spacial score (nSPS) is 19.8. The molecule has 1 aliphatic rings. The fourth-order valence-electron chi connectivity index (χ4n) is 2.69. The van der Waals surface area contributed by atoms with Crippen molar-refractivity contribution in [2.45, 2.75) is 12.8 Å². The van der Waals surface area contributed by atoms with Gasteiger partial charge in [-0.2, -0.15) is 0 Å².